The molecule has 1 fully saturated rings. The number of benzene rings is 1. The van der Waals surface area contributed by atoms with Crippen molar-refractivity contribution in [3.63, 3.8) is 0 Å². The van der Waals surface area contributed by atoms with Gasteiger partial charge in [-0.05, 0) is 26.0 Å². The molecule has 0 spiro atoms. The number of nitriles is 1. The second-order valence-corrected chi connectivity index (χ2v) is 7.34. The topological polar surface area (TPSA) is 62.0 Å². The van der Waals surface area contributed by atoms with Crippen molar-refractivity contribution in [2.45, 2.75) is 38.2 Å². The Balaban J connectivity index is 1.65. The smallest absolute Gasteiger partial charge is 0.171 e. The lowest BCUT2D eigenvalue weighted by atomic mass is 9.92. The molecule has 3 rings (SSSR count). The molecule has 0 saturated carbocycles. The van der Waals surface area contributed by atoms with Crippen LogP contribution in [0.5, 0.6) is 5.75 Å². The molecular formula is C19H19ClF2N4O. The molecule has 5 nitrogen and oxygen atoms in total. The molecule has 0 bridgehead atoms. The number of hydrogen-bond acceptors (Lipinski definition) is 5. The zero-order valence-corrected chi connectivity index (χ0v) is 15.8. The summed E-state index contributed by atoms with van der Waals surface area (Å²) in [6.45, 7) is 4.74. The largest absolute Gasteiger partial charge is 0.487 e. The maximum atomic E-state index is 13.7. The summed E-state index contributed by atoms with van der Waals surface area (Å²) in [6.07, 6.45) is 2.67. The third-order valence-electron chi connectivity index (χ3n) is 4.56. The van der Waals surface area contributed by atoms with Crippen molar-refractivity contribution in [2.75, 3.05) is 18.0 Å². The third kappa shape index (κ3) is 4.28. The highest BCUT2D eigenvalue weighted by atomic mass is 35.5. The van der Waals surface area contributed by atoms with E-state index in [1.165, 1.54) is 12.1 Å². The van der Waals surface area contributed by atoms with Gasteiger partial charge in [0.15, 0.2) is 22.5 Å². The van der Waals surface area contributed by atoms with Gasteiger partial charge in [0.2, 0.25) is 0 Å². The van der Waals surface area contributed by atoms with E-state index >= 15 is 0 Å². The first-order valence-corrected chi connectivity index (χ1v) is 8.99. The van der Waals surface area contributed by atoms with Crippen molar-refractivity contribution in [3.05, 3.63) is 46.9 Å². The van der Waals surface area contributed by atoms with E-state index in [0.29, 0.717) is 37.4 Å². The average Bonchev–Trinajstić information content (AvgIpc) is 2.64. The first-order chi connectivity index (χ1) is 12.8. The van der Waals surface area contributed by atoms with Gasteiger partial charge in [0.25, 0.3) is 0 Å². The Bertz CT molecular complexity index is 876. The SMILES string of the molecule is CC(C)(C#N)c1cnc(N2CCC(Oc3ccc(F)cc3F)CC2)c(Cl)n1. The predicted octanol–water partition coefficient (Wildman–Crippen LogP) is 4.26. The molecule has 0 atom stereocenters. The highest BCUT2D eigenvalue weighted by Gasteiger charge is 2.27. The molecule has 0 unspecified atom stereocenters. The molecule has 0 radical (unpaired) electrons. The highest BCUT2D eigenvalue weighted by molar-refractivity contribution is 6.31. The molecule has 142 valence electrons. The van der Waals surface area contributed by atoms with E-state index in [2.05, 4.69) is 16.0 Å². The van der Waals surface area contributed by atoms with Gasteiger partial charge < -0.3 is 9.64 Å². The molecule has 0 amide bonds. The van der Waals surface area contributed by atoms with Crippen molar-refractivity contribution in [1.29, 1.82) is 5.26 Å². The summed E-state index contributed by atoms with van der Waals surface area (Å²) in [5.41, 5.74) is -0.251. The number of hydrogen-bond donors (Lipinski definition) is 0. The van der Waals surface area contributed by atoms with E-state index < -0.39 is 17.0 Å². The summed E-state index contributed by atoms with van der Waals surface area (Å²) in [7, 11) is 0. The van der Waals surface area contributed by atoms with Crippen LogP contribution in [0.4, 0.5) is 14.6 Å². The number of aromatic nitrogens is 2. The number of halogens is 3. The van der Waals surface area contributed by atoms with Crippen LogP contribution in [0.2, 0.25) is 5.15 Å². The Morgan fingerprint density at radius 2 is 2.00 bits per heavy atom. The zero-order valence-electron chi connectivity index (χ0n) is 15.0. The Hall–Kier alpha value is -2.46. The molecule has 1 aromatic heterocycles. The molecular weight excluding hydrogens is 374 g/mol. The molecule has 1 saturated heterocycles. The lowest BCUT2D eigenvalue weighted by molar-refractivity contribution is 0.163. The van der Waals surface area contributed by atoms with Crippen LogP contribution in [-0.4, -0.2) is 29.2 Å². The summed E-state index contributed by atoms with van der Waals surface area (Å²) >= 11 is 6.29. The molecule has 2 aromatic rings. The minimum atomic E-state index is -0.769. The van der Waals surface area contributed by atoms with E-state index in [1.54, 1.807) is 20.0 Å². The van der Waals surface area contributed by atoms with Gasteiger partial charge in [0.05, 0.1) is 23.4 Å². The van der Waals surface area contributed by atoms with Crippen molar-refractivity contribution >= 4 is 17.4 Å². The normalized spacial score (nSPS) is 15.5. The van der Waals surface area contributed by atoms with Gasteiger partial charge in [-0.3, -0.25) is 0 Å². The average molecular weight is 393 g/mol. The molecule has 2 heterocycles. The van der Waals surface area contributed by atoms with Crippen LogP contribution in [0.15, 0.2) is 24.4 Å². The Morgan fingerprint density at radius 1 is 1.30 bits per heavy atom. The maximum Gasteiger partial charge on any atom is 0.171 e. The van der Waals surface area contributed by atoms with Crippen LogP contribution < -0.4 is 9.64 Å². The lowest BCUT2D eigenvalue weighted by Gasteiger charge is -2.33. The van der Waals surface area contributed by atoms with E-state index in [1.807, 2.05) is 4.90 Å². The van der Waals surface area contributed by atoms with Crippen molar-refractivity contribution < 1.29 is 13.5 Å². The summed E-state index contributed by atoms with van der Waals surface area (Å²) in [5.74, 6) is -0.732. The van der Waals surface area contributed by atoms with Gasteiger partial charge in [0.1, 0.15) is 11.9 Å². The van der Waals surface area contributed by atoms with Gasteiger partial charge in [-0.1, -0.05) is 11.6 Å². The Kier molecular flexibility index (Phi) is 5.47. The van der Waals surface area contributed by atoms with Crippen LogP contribution >= 0.6 is 11.6 Å². The number of rotatable bonds is 4. The Morgan fingerprint density at radius 3 is 2.59 bits per heavy atom. The van der Waals surface area contributed by atoms with Gasteiger partial charge in [0, 0.05) is 32.0 Å². The maximum absolute atomic E-state index is 13.7. The molecule has 8 heteroatoms. The second kappa shape index (κ2) is 7.65. The van der Waals surface area contributed by atoms with E-state index in [4.69, 9.17) is 16.3 Å². The quantitative estimate of drug-likeness (QED) is 0.778. The molecule has 0 N–H and O–H groups in total. The zero-order chi connectivity index (χ0) is 19.6. The number of ether oxygens (including phenoxy) is 1. The van der Waals surface area contributed by atoms with Crippen LogP contribution in [0, 0.1) is 23.0 Å². The minimum absolute atomic E-state index is 0.0516. The highest BCUT2D eigenvalue weighted by Crippen LogP contribution is 2.29. The predicted molar refractivity (Wildman–Crippen MR) is 97.9 cm³/mol. The molecule has 0 aliphatic carbocycles. The van der Waals surface area contributed by atoms with Crippen LogP contribution in [0.25, 0.3) is 0 Å². The minimum Gasteiger partial charge on any atom is -0.487 e. The molecule has 1 aliphatic rings. The number of anilines is 1. The van der Waals surface area contributed by atoms with E-state index in [-0.39, 0.29) is 17.0 Å². The van der Waals surface area contributed by atoms with Crippen molar-refractivity contribution in [3.8, 4) is 11.8 Å². The monoisotopic (exact) mass is 392 g/mol. The van der Waals surface area contributed by atoms with Gasteiger partial charge in [-0.25, -0.2) is 18.7 Å². The van der Waals surface area contributed by atoms with Crippen LogP contribution in [0.3, 0.4) is 0 Å². The first-order valence-electron chi connectivity index (χ1n) is 8.61. The number of nitrogens with zero attached hydrogens (tertiary/aromatic N) is 4. The molecule has 1 aliphatic heterocycles. The Labute approximate surface area is 161 Å². The van der Waals surface area contributed by atoms with Gasteiger partial charge in [-0.2, -0.15) is 5.26 Å². The number of piperidine rings is 1. The second-order valence-electron chi connectivity index (χ2n) is 6.99. The van der Waals surface area contributed by atoms with Crippen LogP contribution in [0.1, 0.15) is 32.4 Å². The van der Waals surface area contributed by atoms with E-state index in [0.717, 1.165) is 6.07 Å². The first kappa shape index (κ1) is 19.3. The fraction of sp³-hybridized carbons (Fsp3) is 0.421. The third-order valence-corrected chi connectivity index (χ3v) is 4.81. The summed E-state index contributed by atoms with van der Waals surface area (Å²) in [6, 6.07) is 5.46. The fourth-order valence-corrected chi connectivity index (χ4v) is 3.13. The van der Waals surface area contributed by atoms with Crippen molar-refractivity contribution in [1.82, 2.24) is 9.97 Å². The molecule has 1 aromatic carbocycles. The summed E-state index contributed by atoms with van der Waals surface area (Å²) in [4.78, 5) is 10.7. The molecule has 27 heavy (non-hydrogen) atoms. The standard InChI is InChI=1S/C19H19ClF2N4O/c1-19(2,11-23)16-10-24-18(17(20)25-16)26-7-5-13(6-8-26)27-15-4-3-12(21)9-14(15)22/h3-4,9-10,13H,5-8H2,1-2H3. The van der Waals surface area contributed by atoms with Gasteiger partial charge >= 0.3 is 0 Å². The van der Waals surface area contributed by atoms with Crippen molar-refractivity contribution in [2.24, 2.45) is 0 Å². The van der Waals surface area contributed by atoms with Gasteiger partial charge in [-0.15, -0.1) is 0 Å². The summed E-state index contributed by atoms with van der Waals surface area (Å²) < 4.78 is 32.4. The van der Waals surface area contributed by atoms with E-state index in [9.17, 15) is 14.0 Å². The summed E-state index contributed by atoms with van der Waals surface area (Å²) in [5, 5.41) is 9.46. The lowest BCUT2D eigenvalue weighted by Crippen LogP contribution is -2.39. The fourth-order valence-electron chi connectivity index (χ4n) is 2.87. The van der Waals surface area contributed by atoms with Crippen LogP contribution in [-0.2, 0) is 5.41 Å².